The average Bonchev–Trinajstić information content (AvgIpc) is 2.09. The van der Waals surface area contributed by atoms with Gasteiger partial charge in [-0.2, -0.15) is 0 Å². The lowest BCUT2D eigenvalue weighted by Gasteiger charge is -2.47. The van der Waals surface area contributed by atoms with E-state index in [0.717, 1.165) is 6.54 Å². The molecule has 1 heterocycles. The number of hydrogen-bond donors (Lipinski definition) is 1. The summed E-state index contributed by atoms with van der Waals surface area (Å²) in [6, 6.07) is 1.31. The zero-order chi connectivity index (χ0) is 10.1. The highest BCUT2D eigenvalue weighted by Gasteiger charge is 2.32. The first kappa shape index (κ1) is 11.0. The van der Waals surface area contributed by atoms with Gasteiger partial charge in [0, 0.05) is 30.7 Å². The molecular weight excluding hydrogens is 160 g/mol. The summed E-state index contributed by atoms with van der Waals surface area (Å²) in [6.45, 7) is 13.9. The molecule has 0 saturated carbocycles. The maximum Gasteiger partial charge on any atom is 0.0198 e. The molecule has 0 aliphatic carbocycles. The van der Waals surface area contributed by atoms with Crippen molar-refractivity contribution in [1.82, 2.24) is 10.2 Å². The van der Waals surface area contributed by atoms with Crippen LogP contribution in [0.4, 0.5) is 0 Å². The van der Waals surface area contributed by atoms with E-state index in [0.29, 0.717) is 17.6 Å². The smallest absolute Gasteiger partial charge is 0.0198 e. The number of hydrogen-bond acceptors (Lipinski definition) is 2. The molecule has 2 atom stereocenters. The summed E-state index contributed by atoms with van der Waals surface area (Å²) in [6.07, 6.45) is 1.23. The van der Waals surface area contributed by atoms with Crippen LogP contribution in [0.2, 0.25) is 0 Å². The summed E-state index contributed by atoms with van der Waals surface area (Å²) in [5, 5.41) is 3.52. The molecule has 0 aromatic rings. The van der Waals surface area contributed by atoms with E-state index in [1.165, 1.54) is 13.0 Å². The molecule has 0 radical (unpaired) electrons. The van der Waals surface area contributed by atoms with Crippen LogP contribution in [-0.4, -0.2) is 35.6 Å². The van der Waals surface area contributed by atoms with Crippen LogP contribution < -0.4 is 5.32 Å². The van der Waals surface area contributed by atoms with E-state index in [1.807, 2.05) is 0 Å². The number of nitrogens with zero attached hydrogens (tertiary/aromatic N) is 1. The number of nitrogens with one attached hydrogen (secondary N) is 1. The van der Waals surface area contributed by atoms with Gasteiger partial charge in [-0.3, -0.25) is 4.90 Å². The Balaban J connectivity index is 2.65. The fraction of sp³-hybridized carbons (Fsp3) is 1.00. The molecule has 2 nitrogen and oxygen atoms in total. The van der Waals surface area contributed by atoms with E-state index < -0.39 is 0 Å². The van der Waals surface area contributed by atoms with Crippen LogP contribution in [0.1, 0.15) is 41.0 Å². The molecule has 0 spiro atoms. The predicted molar refractivity (Wildman–Crippen MR) is 58.0 cm³/mol. The van der Waals surface area contributed by atoms with E-state index in [-0.39, 0.29) is 0 Å². The lowest BCUT2D eigenvalue weighted by atomic mass is 9.95. The molecule has 0 amide bonds. The number of piperazine rings is 1. The van der Waals surface area contributed by atoms with Crippen molar-refractivity contribution in [2.45, 2.75) is 58.7 Å². The number of rotatable bonds is 2. The normalized spacial score (nSPS) is 32.1. The standard InChI is InChI=1S/C11H24N2/c1-6-11(4,5)13-8-9(2)12-7-10(13)3/h9-10,12H,6-8H2,1-5H3. The Bertz CT molecular complexity index is 165. The quantitative estimate of drug-likeness (QED) is 0.704. The third-order valence-corrected chi connectivity index (χ3v) is 3.41. The fourth-order valence-electron chi connectivity index (χ4n) is 2.07. The molecule has 1 fully saturated rings. The Morgan fingerprint density at radius 3 is 2.54 bits per heavy atom. The zero-order valence-electron chi connectivity index (χ0n) is 9.72. The molecule has 1 saturated heterocycles. The summed E-state index contributed by atoms with van der Waals surface area (Å²) in [7, 11) is 0. The van der Waals surface area contributed by atoms with Crippen molar-refractivity contribution in [2.24, 2.45) is 0 Å². The maximum absolute atomic E-state index is 3.52. The molecular formula is C11H24N2. The van der Waals surface area contributed by atoms with Gasteiger partial charge in [0.2, 0.25) is 0 Å². The molecule has 78 valence electrons. The Labute approximate surface area is 82.7 Å². The molecule has 1 rings (SSSR count). The van der Waals surface area contributed by atoms with Crippen LogP contribution in [0, 0.1) is 0 Å². The first-order chi connectivity index (χ1) is 5.97. The monoisotopic (exact) mass is 184 g/mol. The van der Waals surface area contributed by atoms with Crippen molar-refractivity contribution in [2.75, 3.05) is 13.1 Å². The molecule has 1 aliphatic heterocycles. The van der Waals surface area contributed by atoms with E-state index in [1.54, 1.807) is 0 Å². The summed E-state index contributed by atoms with van der Waals surface area (Å²) in [4.78, 5) is 2.63. The molecule has 13 heavy (non-hydrogen) atoms. The average molecular weight is 184 g/mol. The van der Waals surface area contributed by atoms with E-state index >= 15 is 0 Å². The van der Waals surface area contributed by atoms with Crippen LogP contribution in [-0.2, 0) is 0 Å². The second-order valence-corrected chi connectivity index (χ2v) is 4.98. The van der Waals surface area contributed by atoms with Gasteiger partial charge < -0.3 is 5.32 Å². The summed E-state index contributed by atoms with van der Waals surface area (Å²) in [5.74, 6) is 0. The SMILES string of the molecule is CCC(C)(C)N1CC(C)NCC1C. The van der Waals surface area contributed by atoms with Crippen molar-refractivity contribution < 1.29 is 0 Å². The lowest BCUT2D eigenvalue weighted by Crippen LogP contribution is -2.60. The minimum absolute atomic E-state index is 0.357. The van der Waals surface area contributed by atoms with Crippen LogP contribution >= 0.6 is 0 Å². The highest BCUT2D eigenvalue weighted by atomic mass is 15.3. The van der Waals surface area contributed by atoms with Crippen molar-refractivity contribution in [3.63, 3.8) is 0 Å². The molecule has 0 bridgehead atoms. The highest BCUT2D eigenvalue weighted by molar-refractivity contribution is 4.90. The fourth-order valence-corrected chi connectivity index (χ4v) is 2.07. The molecule has 1 aliphatic rings. The molecule has 1 N–H and O–H groups in total. The Hall–Kier alpha value is -0.0800. The molecule has 2 heteroatoms. The summed E-state index contributed by atoms with van der Waals surface area (Å²) < 4.78 is 0. The molecule has 2 unspecified atom stereocenters. The van der Waals surface area contributed by atoms with Gasteiger partial charge in [-0.25, -0.2) is 0 Å². The van der Waals surface area contributed by atoms with Crippen LogP contribution in [0.25, 0.3) is 0 Å². The van der Waals surface area contributed by atoms with Crippen molar-refractivity contribution in [1.29, 1.82) is 0 Å². The first-order valence-electron chi connectivity index (χ1n) is 5.47. The van der Waals surface area contributed by atoms with Crippen molar-refractivity contribution >= 4 is 0 Å². The van der Waals surface area contributed by atoms with Gasteiger partial charge in [0.1, 0.15) is 0 Å². The van der Waals surface area contributed by atoms with Gasteiger partial charge in [-0.1, -0.05) is 6.92 Å². The summed E-state index contributed by atoms with van der Waals surface area (Å²) >= 11 is 0. The van der Waals surface area contributed by atoms with Gasteiger partial charge in [0.15, 0.2) is 0 Å². The lowest BCUT2D eigenvalue weighted by molar-refractivity contribution is 0.0391. The van der Waals surface area contributed by atoms with Crippen LogP contribution in [0.15, 0.2) is 0 Å². The van der Waals surface area contributed by atoms with Crippen molar-refractivity contribution in [3.8, 4) is 0 Å². The Kier molecular flexibility index (Phi) is 3.36. The van der Waals surface area contributed by atoms with E-state index in [4.69, 9.17) is 0 Å². The van der Waals surface area contributed by atoms with Gasteiger partial charge in [0.05, 0.1) is 0 Å². The highest BCUT2D eigenvalue weighted by Crippen LogP contribution is 2.23. The van der Waals surface area contributed by atoms with Crippen LogP contribution in [0.5, 0.6) is 0 Å². The summed E-state index contributed by atoms with van der Waals surface area (Å²) in [5.41, 5.74) is 0.357. The van der Waals surface area contributed by atoms with Crippen LogP contribution in [0.3, 0.4) is 0 Å². The minimum atomic E-state index is 0.357. The van der Waals surface area contributed by atoms with Gasteiger partial charge >= 0.3 is 0 Å². The van der Waals surface area contributed by atoms with Gasteiger partial charge in [0.25, 0.3) is 0 Å². The van der Waals surface area contributed by atoms with E-state index in [9.17, 15) is 0 Å². The first-order valence-corrected chi connectivity index (χ1v) is 5.47. The minimum Gasteiger partial charge on any atom is -0.311 e. The van der Waals surface area contributed by atoms with Gasteiger partial charge in [-0.05, 0) is 34.1 Å². The second-order valence-electron chi connectivity index (χ2n) is 4.98. The predicted octanol–water partition coefficient (Wildman–Crippen LogP) is 1.86. The molecule has 0 aromatic heterocycles. The van der Waals surface area contributed by atoms with Crippen molar-refractivity contribution in [3.05, 3.63) is 0 Å². The largest absolute Gasteiger partial charge is 0.311 e. The van der Waals surface area contributed by atoms with E-state index in [2.05, 4.69) is 44.8 Å². The molecule has 0 aromatic carbocycles. The second kappa shape index (κ2) is 3.97. The maximum atomic E-state index is 3.52. The van der Waals surface area contributed by atoms with Gasteiger partial charge in [-0.15, -0.1) is 0 Å². The third kappa shape index (κ3) is 2.44. The Morgan fingerprint density at radius 1 is 1.38 bits per heavy atom. The zero-order valence-corrected chi connectivity index (χ0v) is 9.72. The Morgan fingerprint density at radius 2 is 2.00 bits per heavy atom. The third-order valence-electron chi connectivity index (χ3n) is 3.41. The topological polar surface area (TPSA) is 15.3 Å².